The van der Waals surface area contributed by atoms with E-state index < -0.39 is 0 Å². The number of rotatable bonds is 2. The predicted molar refractivity (Wildman–Crippen MR) is 146 cm³/mol. The molecule has 0 unspecified atom stereocenters. The van der Waals surface area contributed by atoms with Crippen molar-refractivity contribution in [1.29, 1.82) is 0 Å². The Kier molecular flexibility index (Phi) is 4.69. The van der Waals surface area contributed by atoms with Crippen molar-refractivity contribution in [2.24, 2.45) is 0 Å². The molecule has 2 nitrogen and oxygen atoms in total. The molecule has 6 rings (SSSR count). The Hall–Kier alpha value is -3.43. The first-order chi connectivity index (χ1) is 16.3. The third-order valence-electron chi connectivity index (χ3n) is 6.73. The van der Waals surface area contributed by atoms with Crippen LogP contribution < -0.4 is 0 Å². The van der Waals surface area contributed by atoms with Crippen LogP contribution in [0.2, 0.25) is 0 Å². The average molecular weight is 462 g/mol. The molecule has 3 aromatic carbocycles. The monoisotopic (exact) mass is 461 g/mol. The van der Waals surface area contributed by atoms with Gasteiger partial charge in [-0.3, -0.25) is 4.98 Å². The summed E-state index contributed by atoms with van der Waals surface area (Å²) in [5.74, 6) is 0.939. The fourth-order valence-corrected chi connectivity index (χ4v) is 6.42. The number of aryl methyl sites for hydroxylation is 2. The van der Waals surface area contributed by atoms with Crippen molar-refractivity contribution in [3.05, 3.63) is 89.8 Å². The molecule has 0 radical (unpaired) electrons. The second kappa shape index (κ2) is 7.54. The van der Waals surface area contributed by atoms with Gasteiger partial charge in [-0.05, 0) is 76.9 Å². The Labute approximate surface area is 203 Å². The zero-order valence-corrected chi connectivity index (χ0v) is 21.0. The third kappa shape index (κ3) is 3.26. The first-order valence-electron chi connectivity index (χ1n) is 11.7. The molecule has 0 saturated carbocycles. The highest BCUT2D eigenvalue weighted by Gasteiger charge is 2.21. The highest BCUT2D eigenvalue weighted by Crippen LogP contribution is 2.45. The Bertz CT molecular complexity index is 1710. The van der Waals surface area contributed by atoms with Gasteiger partial charge >= 0.3 is 0 Å². The minimum absolute atomic E-state index is 0.0365. The highest BCUT2D eigenvalue weighted by molar-refractivity contribution is 7.23. The van der Waals surface area contributed by atoms with Crippen LogP contribution in [0.25, 0.3) is 53.5 Å². The van der Waals surface area contributed by atoms with E-state index in [9.17, 15) is 0 Å². The number of hydrogen-bond acceptors (Lipinski definition) is 3. The average Bonchev–Trinajstić information content (AvgIpc) is 3.36. The van der Waals surface area contributed by atoms with E-state index in [0.29, 0.717) is 0 Å². The van der Waals surface area contributed by atoms with Gasteiger partial charge in [0.15, 0.2) is 0 Å². The van der Waals surface area contributed by atoms with Crippen molar-refractivity contribution in [1.82, 2.24) is 4.98 Å². The molecule has 0 fully saturated rings. The van der Waals surface area contributed by atoms with Gasteiger partial charge in [0.1, 0.15) is 11.3 Å². The lowest BCUT2D eigenvalue weighted by Crippen LogP contribution is -2.12. The van der Waals surface area contributed by atoms with Crippen molar-refractivity contribution in [2.45, 2.75) is 40.0 Å². The first-order valence-corrected chi connectivity index (χ1v) is 12.5. The quantitative estimate of drug-likeness (QED) is 0.257. The van der Waals surface area contributed by atoms with E-state index in [1.165, 1.54) is 53.4 Å². The van der Waals surface area contributed by atoms with Crippen molar-refractivity contribution in [3.63, 3.8) is 0 Å². The summed E-state index contributed by atoms with van der Waals surface area (Å²) in [7, 11) is 0. The molecule has 34 heavy (non-hydrogen) atoms. The molecule has 3 heteroatoms. The summed E-state index contributed by atoms with van der Waals surface area (Å²) >= 11 is 1.84. The second-order valence-electron chi connectivity index (χ2n) is 10.2. The van der Waals surface area contributed by atoms with Crippen LogP contribution >= 0.6 is 11.3 Å². The topological polar surface area (TPSA) is 26.0 Å². The minimum atomic E-state index is 0.0365. The smallest absolute Gasteiger partial charge is 0.134 e. The number of fused-ring (bicyclic) bond motifs is 3. The van der Waals surface area contributed by atoms with Crippen LogP contribution in [0.3, 0.4) is 0 Å². The Balaban J connectivity index is 1.63. The first kappa shape index (κ1) is 21.1. The fourth-order valence-electron chi connectivity index (χ4n) is 5.06. The summed E-state index contributed by atoms with van der Waals surface area (Å²) < 4.78 is 7.15. The molecule has 0 N–H and O–H groups in total. The zero-order chi connectivity index (χ0) is 23.6. The van der Waals surface area contributed by atoms with Gasteiger partial charge in [-0.15, -0.1) is 11.3 Å². The lowest BCUT2D eigenvalue weighted by Gasteiger charge is -2.22. The Morgan fingerprint density at radius 2 is 1.65 bits per heavy atom. The second-order valence-corrected chi connectivity index (χ2v) is 11.2. The molecule has 168 valence electrons. The SMILES string of the molecule is Cc1cc2c(-c3sc4c(-c5cc(C(C)(C)C)c6ccccc6c5)nccc4c3C)cccc2o1. The summed E-state index contributed by atoms with van der Waals surface area (Å²) in [4.78, 5) is 6.20. The molecule has 0 saturated heterocycles. The summed E-state index contributed by atoms with van der Waals surface area (Å²) in [5.41, 5.74) is 7.10. The Morgan fingerprint density at radius 3 is 2.47 bits per heavy atom. The van der Waals surface area contributed by atoms with Crippen LogP contribution in [0.1, 0.15) is 37.7 Å². The van der Waals surface area contributed by atoms with Gasteiger partial charge in [-0.1, -0.05) is 57.2 Å². The summed E-state index contributed by atoms with van der Waals surface area (Å²) in [5, 5.41) is 5.02. The van der Waals surface area contributed by atoms with Crippen molar-refractivity contribution >= 4 is 43.2 Å². The van der Waals surface area contributed by atoms with E-state index in [0.717, 1.165) is 17.0 Å². The maximum absolute atomic E-state index is 5.92. The number of aromatic nitrogens is 1. The van der Waals surface area contributed by atoms with Crippen LogP contribution in [0.5, 0.6) is 0 Å². The molecule has 0 spiro atoms. The molecule has 0 bridgehead atoms. The van der Waals surface area contributed by atoms with Crippen molar-refractivity contribution in [2.75, 3.05) is 0 Å². The van der Waals surface area contributed by atoms with Gasteiger partial charge in [-0.25, -0.2) is 0 Å². The van der Waals surface area contributed by atoms with Crippen LogP contribution in [-0.2, 0) is 5.41 Å². The molecule has 0 aliphatic heterocycles. The maximum Gasteiger partial charge on any atom is 0.134 e. The predicted octanol–water partition coefficient (Wildman–Crippen LogP) is 9.44. The molecular formula is C31H27NOS. The van der Waals surface area contributed by atoms with Crippen LogP contribution in [0, 0.1) is 13.8 Å². The lowest BCUT2D eigenvalue weighted by atomic mass is 9.82. The van der Waals surface area contributed by atoms with E-state index in [4.69, 9.17) is 9.40 Å². The number of pyridine rings is 1. The standard InChI is InChI=1S/C31H27NOS/c1-18-15-25-24(11-8-12-27(25)33-18)29-19(2)22-13-14-32-28(30(22)34-29)21-16-20-9-6-7-10-23(20)26(17-21)31(3,4)5/h6-17H,1-5H3. The van der Waals surface area contributed by atoms with Crippen LogP contribution in [0.15, 0.2) is 77.3 Å². The van der Waals surface area contributed by atoms with Crippen molar-refractivity contribution in [3.8, 4) is 21.7 Å². The summed E-state index contributed by atoms with van der Waals surface area (Å²) in [6, 6.07) is 24.0. The third-order valence-corrected chi connectivity index (χ3v) is 8.07. The van der Waals surface area contributed by atoms with E-state index in [2.05, 4.69) is 88.4 Å². The minimum Gasteiger partial charge on any atom is -0.461 e. The number of hydrogen-bond donors (Lipinski definition) is 0. The van der Waals surface area contributed by atoms with Gasteiger partial charge < -0.3 is 4.42 Å². The van der Waals surface area contributed by atoms with Crippen LogP contribution in [-0.4, -0.2) is 4.98 Å². The van der Waals surface area contributed by atoms with E-state index in [-0.39, 0.29) is 5.41 Å². The number of thiophene rings is 1. The number of furan rings is 1. The van der Waals surface area contributed by atoms with Crippen molar-refractivity contribution < 1.29 is 4.42 Å². The van der Waals surface area contributed by atoms with E-state index in [1.54, 1.807) is 0 Å². The lowest BCUT2D eigenvalue weighted by molar-refractivity contribution is 0.578. The number of benzene rings is 3. The summed E-state index contributed by atoms with van der Waals surface area (Å²) in [6.07, 6.45) is 1.95. The molecule has 0 atom stereocenters. The van der Waals surface area contributed by atoms with E-state index in [1.807, 2.05) is 30.5 Å². The molecule has 0 aliphatic rings. The fraction of sp³-hybridized carbons (Fsp3) is 0.194. The zero-order valence-electron chi connectivity index (χ0n) is 20.2. The largest absolute Gasteiger partial charge is 0.461 e. The van der Waals surface area contributed by atoms with Gasteiger partial charge in [0.2, 0.25) is 0 Å². The maximum atomic E-state index is 5.92. The van der Waals surface area contributed by atoms with E-state index >= 15 is 0 Å². The molecular weight excluding hydrogens is 434 g/mol. The van der Waals surface area contributed by atoms with Gasteiger partial charge in [-0.2, -0.15) is 0 Å². The van der Waals surface area contributed by atoms with Crippen LogP contribution in [0.4, 0.5) is 0 Å². The number of nitrogens with zero attached hydrogens (tertiary/aromatic N) is 1. The van der Waals surface area contributed by atoms with Gasteiger partial charge in [0.25, 0.3) is 0 Å². The molecule has 6 aromatic rings. The summed E-state index contributed by atoms with van der Waals surface area (Å²) in [6.45, 7) is 11.1. The van der Waals surface area contributed by atoms with Gasteiger partial charge in [0.05, 0.1) is 10.4 Å². The highest BCUT2D eigenvalue weighted by atomic mass is 32.1. The molecule has 0 aliphatic carbocycles. The Morgan fingerprint density at radius 1 is 0.824 bits per heavy atom. The normalized spacial score (nSPS) is 12.3. The van der Waals surface area contributed by atoms with Gasteiger partial charge in [0, 0.05) is 27.6 Å². The molecule has 3 heterocycles. The molecule has 0 amide bonds. The molecule has 3 aromatic heterocycles.